The van der Waals surface area contributed by atoms with Crippen molar-refractivity contribution in [2.24, 2.45) is 0 Å². The maximum atomic E-state index is 13.2. The molecule has 9 heteroatoms. The molecule has 0 aliphatic heterocycles. The molecule has 0 spiro atoms. The highest BCUT2D eigenvalue weighted by atomic mass is 32.2. The second kappa shape index (κ2) is 9.55. The van der Waals surface area contributed by atoms with Crippen LogP contribution < -0.4 is 10.6 Å². The predicted octanol–water partition coefficient (Wildman–Crippen LogP) is 3.05. The summed E-state index contributed by atoms with van der Waals surface area (Å²) in [6, 6.07) is 6.11. The van der Waals surface area contributed by atoms with E-state index in [1.807, 2.05) is 6.92 Å². The van der Waals surface area contributed by atoms with Gasteiger partial charge in [0.05, 0.1) is 5.25 Å². The van der Waals surface area contributed by atoms with Gasteiger partial charge in [-0.2, -0.15) is 0 Å². The largest absolute Gasteiger partial charge is 0.385 e. The van der Waals surface area contributed by atoms with Crippen LogP contribution in [0.2, 0.25) is 0 Å². The van der Waals surface area contributed by atoms with E-state index in [9.17, 15) is 9.18 Å². The topological polar surface area (TPSA) is 76.1 Å². The fourth-order valence-electron chi connectivity index (χ4n) is 1.77. The van der Waals surface area contributed by atoms with Crippen molar-refractivity contribution in [3.05, 3.63) is 30.1 Å². The number of benzene rings is 1. The van der Waals surface area contributed by atoms with Crippen molar-refractivity contribution in [2.75, 3.05) is 25.6 Å². The second-order valence-electron chi connectivity index (χ2n) is 4.91. The van der Waals surface area contributed by atoms with Crippen LogP contribution >= 0.6 is 23.1 Å². The Labute approximate surface area is 148 Å². The first-order valence-corrected chi connectivity index (χ1v) is 9.07. The number of ether oxygens (including phenoxy) is 1. The van der Waals surface area contributed by atoms with Crippen LogP contribution in [0.15, 0.2) is 28.6 Å². The fraction of sp³-hybridized carbons (Fsp3) is 0.400. The summed E-state index contributed by atoms with van der Waals surface area (Å²) in [6.07, 6.45) is 0.778. The van der Waals surface area contributed by atoms with E-state index >= 15 is 0 Å². The number of carbonyl (C=O) groups is 1. The highest BCUT2D eigenvalue weighted by molar-refractivity contribution is 8.02. The van der Waals surface area contributed by atoms with Crippen LogP contribution in [0.25, 0.3) is 0 Å². The van der Waals surface area contributed by atoms with Gasteiger partial charge in [0.25, 0.3) is 0 Å². The number of hydrogen-bond donors (Lipinski definition) is 2. The minimum Gasteiger partial charge on any atom is -0.385 e. The molecule has 0 radical (unpaired) electrons. The molecular weight excluding hydrogens is 351 g/mol. The lowest BCUT2D eigenvalue weighted by Crippen LogP contribution is -2.32. The molecule has 0 saturated heterocycles. The van der Waals surface area contributed by atoms with Crippen molar-refractivity contribution < 1.29 is 13.9 Å². The first-order valence-electron chi connectivity index (χ1n) is 7.38. The van der Waals surface area contributed by atoms with E-state index in [2.05, 4.69) is 20.8 Å². The Hall–Kier alpha value is -1.71. The fourth-order valence-corrected chi connectivity index (χ4v) is 3.71. The Kier molecular flexibility index (Phi) is 7.41. The third kappa shape index (κ3) is 6.06. The van der Waals surface area contributed by atoms with Crippen molar-refractivity contribution in [1.82, 2.24) is 15.5 Å². The highest BCUT2D eigenvalue weighted by Gasteiger charge is 2.16. The summed E-state index contributed by atoms with van der Waals surface area (Å²) in [4.78, 5) is 12.0. The zero-order valence-electron chi connectivity index (χ0n) is 13.4. The Morgan fingerprint density at radius 1 is 1.46 bits per heavy atom. The normalized spacial score (nSPS) is 12.0. The first-order chi connectivity index (χ1) is 11.6. The summed E-state index contributed by atoms with van der Waals surface area (Å²) >= 11 is 2.66. The summed E-state index contributed by atoms with van der Waals surface area (Å²) < 4.78 is 18.8. The van der Waals surface area contributed by atoms with Gasteiger partial charge in [0, 0.05) is 25.9 Å². The van der Waals surface area contributed by atoms with E-state index in [1.165, 1.54) is 35.2 Å². The number of carbonyl (C=O) groups excluding carboxylic acids is 1. The molecule has 24 heavy (non-hydrogen) atoms. The summed E-state index contributed by atoms with van der Waals surface area (Å²) in [7, 11) is 1.63. The number of methoxy groups -OCH3 is 1. The van der Waals surface area contributed by atoms with E-state index < -0.39 is 0 Å². The number of nitrogens with one attached hydrogen (secondary N) is 2. The van der Waals surface area contributed by atoms with Gasteiger partial charge in [-0.05, 0) is 31.5 Å². The van der Waals surface area contributed by atoms with Crippen molar-refractivity contribution >= 4 is 39.8 Å². The highest BCUT2D eigenvalue weighted by Crippen LogP contribution is 2.30. The summed E-state index contributed by atoms with van der Waals surface area (Å²) in [5, 5.41) is 14.2. The minimum absolute atomic E-state index is 0.0501. The van der Waals surface area contributed by atoms with Crippen molar-refractivity contribution in [2.45, 2.75) is 22.9 Å². The van der Waals surface area contributed by atoms with Gasteiger partial charge in [0.2, 0.25) is 11.0 Å². The number of anilines is 2. The monoisotopic (exact) mass is 370 g/mol. The molecule has 2 rings (SSSR count). The zero-order chi connectivity index (χ0) is 17.4. The molecule has 1 amide bonds. The first kappa shape index (κ1) is 18.6. The quantitative estimate of drug-likeness (QED) is 0.522. The van der Waals surface area contributed by atoms with Crippen LogP contribution in [0.5, 0.6) is 0 Å². The smallest absolute Gasteiger partial charge is 0.233 e. The third-order valence-corrected chi connectivity index (χ3v) is 4.98. The van der Waals surface area contributed by atoms with Gasteiger partial charge >= 0.3 is 0 Å². The summed E-state index contributed by atoms with van der Waals surface area (Å²) in [5.74, 6) is -0.371. The Balaban J connectivity index is 1.83. The molecular formula is C15H19FN4O2S2. The number of amides is 1. The van der Waals surface area contributed by atoms with Crippen LogP contribution in [0.4, 0.5) is 15.2 Å². The molecule has 1 heterocycles. The molecule has 2 aromatic rings. The molecule has 2 N–H and O–H groups in total. The average molecular weight is 370 g/mol. The molecule has 0 fully saturated rings. The molecule has 130 valence electrons. The van der Waals surface area contributed by atoms with Gasteiger partial charge in [0.15, 0.2) is 4.34 Å². The molecule has 6 nitrogen and oxygen atoms in total. The second-order valence-corrected chi connectivity index (χ2v) is 7.47. The molecule has 1 atom stereocenters. The SMILES string of the molecule is COCCCNC(=O)C(C)Sc1nnc(Nc2cccc(F)c2)s1. The van der Waals surface area contributed by atoms with Crippen LogP contribution in [-0.4, -0.2) is 41.6 Å². The summed E-state index contributed by atoms with van der Waals surface area (Å²) in [6.45, 7) is 3.02. The molecule has 0 bridgehead atoms. The maximum Gasteiger partial charge on any atom is 0.233 e. The minimum atomic E-state index is -0.321. The number of rotatable bonds is 9. The lowest BCUT2D eigenvalue weighted by Gasteiger charge is -2.09. The van der Waals surface area contributed by atoms with Gasteiger partial charge in [-0.15, -0.1) is 10.2 Å². The van der Waals surface area contributed by atoms with E-state index in [1.54, 1.807) is 19.2 Å². The average Bonchev–Trinajstić information content (AvgIpc) is 2.98. The number of thioether (sulfide) groups is 1. The Bertz CT molecular complexity index is 668. The standard InChI is InChI=1S/C15H19FN4O2S2/c1-10(13(21)17-7-4-8-22-2)23-15-20-19-14(24-15)18-12-6-3-5-11(16)9-12/h3,5-6,9-10H,4,7-8H2,1-2H3,(H,17,21)(H,18,19). The van der Waals surface area contributed by atoms with Crippen molar-refractivity contribution in [3.63, 3.8) is 0 Å². The van der Waals surface area contributed by atoms with Gasteiger partial charge in [-0.25, -0.2) is 4.39 Å². The van der Waals surface area contributed by atoms with Crippen LogP contribution in [-0.2, 0) is 9.53 Å². The molecule has 1 unspecified atom stereocenters. The van der Waals surface area contributed by atoms with Crippen LogP contribution in [0.1, 0.15) is 13.3 Å². The Morgan fingerprint density at radius 2 is 2.29 bits per heavy atom. The van der Waals surface area contributed by atoms with Gasteiger partial charge in [-0.3, -0.25) is 4.79 Å². The van der Waals surface area contributed by atoms with E-state index in [0.717, 1.165) is 6.42 Å². The van der Waals surface area contributed by atoms with Crippen molar-refractivity contribution in [1.29, 1.82) is 0 Å². The van der Waals surface area contributed by atoms with E-state index in [-0.39, 0.29) is 17.0 Å². The Morgan fingerprint density at radius 3 is 3.04 bits per heavy atom. The van der Waals surface area contributed by atoms with E-state index in [0.29, 0.717) is 28.3 Å². The molecule has 0 saturated carbocycles. The van der Waals surface area contributed by atoms with Crippen LogP contribution in [0.3, 0.4) is 0 Å². The zero-order valence-corrected chi connectivity index (χ0v) is 15.0. The van der Waals surface area contributed by atoms with Gasteiger partial charge in [0.1, 0.15) is 5.82 Å². The lowest BCUT2D eigenvalue weighted by atomic mass is 10.3. The molecule has 1 aromatic carbocycles. The molecule has 1 aromatic heterocycles. The van der Waals surface area contributed by atoms with Crippen LogP contribution in [0, 0.1) is 5.82 Å². The maximum absolute atomic E-state index is 13.2. The number of nitrogens with zero attached hydrogens (tertiary/aromatic N) is 2. The molecule has 0 aliphatic rings. The van der Waals surface area contributed by atoms with Gasteiger partial charge < -0.3 is 15.4 Å². The number of aromatic nitrogens is 2. The summed E-state index contributed by atoms with van der Waals surface area (Å²) in [5.41, 5.74) is 0.603. The van der Waals surface area contributed by atoms with Crippen molar-refractivity contribution in [3.8, 4) is 0 Å². The third-order valence-electron chi connectivity index (χ3n) is 2.95. The predicted molar refractivity (Wildman–Crippen MR) is 94.4 cm³/mol. The lowest BCUT2D eigenvalue weighted by molar-refractivity contribution is -0.120. The number of hydrogen-bond acceptors (Lipinski definition) is 7. The van der Waals surface area contributed by atoms with Gasteiger partial charge in [-0.1, -0.05) is 29.2 Å². The molecule has 0 aliphatic carbocycles. The number of halogens is 1. The van der Waals surface area contributed by atoms with E-state index in [4.69, 9.17) is 4.74 Å².